The van der Waals surface area contributed by atoms with Crippen LogP contribution in [0.5, 0.6) is 5.75 Å². The van der Waals surface area contributed by atoms with Crippen molar-refractivity contribution in [2.75, 3.05) is 19.9 Å². The number of halogens is 1. The van der Waals surface area contributed by atoms with E-state index in [1.54, 1.807) is 25.1 Å². The Morgan fingerprint density at radius 3 is 2.59 bits per heavy atom. The van der Waals surface area contributed by atoms with Gasteiger partial charge in [-0.1, -0.05) is 41.6 Å². The summed E-state index contributed by atoms with van der Waals surface area (Å²) in [7, 11) is 5.19. The molecule has 0 spiro atoms. The third kappa shape index (κ3) is 4.44. The van der Waals surface area contributed by atoms with Gasteiger partial charge in [-0.05, 0) is 49.6 Å². The number of carbonyl (C=O) groups excluding carboxylic acids is 2. The fraction of sp³-hybridized carbons (Fsp3) is 0.360. The van der Waals surface area contributed by atoms with Gasteiger partial charge in [0.25, 0.3) is 0 Å². The Morgan fingerprint density at radius 1 is 1.18 bits per heavy atom. The SMILES string of the molecule is COc1ccc(-c2nnc(SCC(=O)N(C)[C@]3(c4ccccc4Cl)CCCCC3=O)n2C)cc1. The van der Waals surface area contributed by atoms with Crippen molar-refractivity contribution < 1.29 is 14.3 Å². The van der Waals surface area contributed by atoms with Crippen LogP contribution >= 0.6 is 23.4 Å². The number of amides is 1. The highest BCUT2D eigenvalue weighted by molar-refractivity contribution is 7.99. The molecule has 34 heavy (non-hydrogen) atoms. The molecule has 0 aliphatic heterocycles. The van der Waals surface area contributed by atoms with Crippen molar-refractivity contribution in [3.63, 3.8) is 0 Å². The number of aromatic nitrogens is 3. The Balaban J connectivity index is 1.53. The molecule has 0 saturated heterocycles. The summed E-state index contributed by atoms with van der Waals surface area (Å²) >= 11 is 7.81. The van der Waals surface area contributed by atoms with Crippen LogP contribution < -0.4 is 4.74 Å². The molecule has 0 radical (unpaired) electrons. The van der Waals surface area contributed by atoms with Crippen LogP contribution in [0.15, 0.2) is 53.7 Å². The van der Waals surface area contributed by atoms with E-state index in [1.807, 2.05) is 54.1 Å². The predicted octanol–water partition coefficient (Wildman–Crippen LogP) is 4.73. The molecule has 1 heterocycles. The number of ketones is 1. The first kappa shape index (κ1) is 24.3. The number of ether oxygens (including phenoxy) is 1. The highest BCUT2D eigenvalue weighted by Gasteiger charge is 2.47. The van der Waals surface area contributed by atoms with E-state index in [0.717, 1.165) is 24.2 Å². The van der Waals surface area contributed by atoms with Gasteiger partial charge in [-0.3, -0.25) is 9.59 Å². The predicted molar refractivity (Wildman–Crippen MR) is 133 cm³/mol. The van der Waals surface area contributed by atoms with Crippen LogP contribution in [0.25, 0.3) is 11.4 Å². The summed E-state index contributed by atoms with van der Waals surface area (Å²) in [6, 6.07) is 14.9. The summed E-state index contributed by atoms with van der Waals surface area (Å²) in [5.74, 6) is 1.46. The normalized spacial score (nSPS) is 18.1. The summed E-state index contributed by atoms with van der Waals surface area (Å²) in [4.78, 5) is 28.2. The Kier molecular flexibility index (Phi) is 7.28. The van der Waals surface area contributed by atoms with E-state index < -0.39 is 5.54 Å². The fourth-order valence-electron chi connectivity index (χ4n) is 4.50. The standard InChI is InChI=1S/C25H27ClN4O3S/c1-29-23(17-11-13-18(33-3)14-12-17)27-28-24(29)34-16-22(32)30(2)25(15-7-6-10-21(25)31)19-8-4-5-9-20(19)26/h4-5,8-9,11-14H,6-7,10,15-16H2,1-3H3/t25-/m0/s1. The van der Waals surface area contributed by atoms with Gasteiger partial charge in [0.05, 0.1) is 12.9 Å². The number of methoxy groups -OCH3 is 1. The van der Waals surface area contributed by atoms with Crippen molar-refractivity contribution in [2.45, 2.75) is 36.4 Å². The Bertz CT molecular complexity index is 1200. The van der Waals surface area contributed by atoms with Gasteiger partial charge in [-0.15, -0.1) is 10.2 Å². The van der Waals surface area contributed by atoms with E-state index in [1.165, 1.54) is 11.8 Å². The highest BCUT2D eigenvalue weighted by atomic mass is 35.5. The zero-order chi connectivity index (χ0) is 24.3. The number of nitrogens with zero attached hydrogens (tertiary/aromatic N) is 4. The van der Waals surface area contributed by atoms with E-state index in [9.17, 15) is 9.59 Å². The number of hydrogen-bond acceptors (Lipinski definition) is 6. The van der Waals surface area contributed by atoms with Crippen LogP contribution in [-0.4, -0.2) is 51.3 Å². The molecule has 1 fully saturated rings. The molecule has 4 rings (SSSR count). The van der Waals surface area contributed by atoms with Crippen LogP contribution in [0.1, 0.15) is 31.2 Å². The topological polar surface area (TPSA) is 77.3 Å². The van der Waals surface area contributed by atoms with E-state index in [2.05, 4.69) is 10.2 Å². The van der Waals surface area contributed by atoms with Gasteiger partial charge in [-0.25, -0.2) is 0 Å². The van der Waals surface area contributed by atoms with Crippen molar-refractivity contribution >= 4 is 35.1 Å². The number of thioether (sulfide) groups is 1. The minimum Gasteiger partial charge on any atom is -0.497 e. The second-order valence-electron chi connectivity index (χ2n) is 8.31. The van der Waals surface area contributed by atoms with E-state index in [-0.39, 0.29) is 17.4 Å². The van der Waals surface area contributed by atoms with Gasteiger partial charge < -0.3 is 14.2 Å². The highest BCUT2D eigenvalue weighted by Crippen LogP contribution is 2.42. The molecular formula is C25H27ClN4O3S. The van der Waals surface area contributed by atoms with Crippen LogP contribution in [0.4, 0.5) is 0 Å². The lowest BCUT2D eigenvalue weighted by molar-refractivity contribution is -0.146. The maximum Gasteiger partial charge on any atom is 0.233 e. The minimum atomic E-state index is -1.04. The van der Waals surface area contributed by atoms with Crippen LogP contribution in [0.3, 0.4) is 0 Å². The molecule has 178 valence electrons. The summed E-state index contributed by atoms with van der Waals surface area (Å²) in [6.45, 7) is 0. The number of benzene rings is 2. The van der Waals surface area contributed by atoms with Gasteiger partial charge in [0.1, 0.15) is 11.3 Å². The summed E-state index contributed by atoms with van der Waals surface area (Å²) in [5, 5.41) is 9.68. The van der Waals surface area contributed by atoms with Gasteiger partial charge in [0.15, 0.2) is 16.8 Å². The van der Waals surface area contributed by atoms with Crippen LogP contribution in [0, 0.1) is 0 Å². The Hall–Kier alpha value is -2.84. The molecule has 2 aromatic carbocycles. The molecule has 1 amide bonds. The maximum atomic E-state index is 13.3. The Labute approximate surface area is 208 Å². The molecule has 1 atom stereocenters. The first-order valence-corrected chi connectivity index (χ1v) is 12.5. The number of hydrogen-bond donors (Lipinski definition) is 0. The second kappa shape index (κ2) is 10.2. The Morgan fingerprint density at radius 2 is 1.91 bits per heavy atom. The molecule has 0 N–H and O–H groups in total. The van der Waals surface area contributed by atoms with Gasteiger partial charge >= 0.3 is 0 Å². The molecule has 9 heteroatoms. The zero-order valence-corrected chi connectivity index (χ0v) is 21.0. The summed E-state index contributed by atoms with van der Waals surface area (Å²) in [5.41, 5.74) is 0.557. The molecule has 1 aromatic heterocycles. The average molecular weight is 499 g/mol. The van der Waals surface area contributed by atoms with Crippen molar-refractivity contribution in [2.24, 2.45) is 7.05 Å². The number of carbonyl (C=O) groups is 2. The lowest BCUT2D eigenvalue weighted by atomic mass is 9.74. The molecule has 1 aliphatic carbocycles. The monoisotopic (exact) mass is 498 g/mol. The molecule has 7 nitrogen and oxygen atoms in total. The molecule has 0 unspecified atom stereocenters. The quantitative estimate of drug-likeness (QED) is 0.438. The third-order valence-corrected chi connectivity index (χ3v) is 7.76. The largest absolute Gasteiger partial charge is 0.497 e. The number of rotatable bonds is 7. The summed E-state index contributed by atoms with van der Waals surface area (Å²) < 4.78 is 7.07. The lowest BCUT2D eigenvalue weighted by Gasteiger charge is -2.44. The van der Waals surface area contributed by atoms with E-state index in [0.29, 0.717) is 34.4 Å². The average Bonchev–Trinajstić information content (AvgIpc) is 3.23. The smallest absolute Gasteiger partial charge is 0.233 e. The maximum absolute atomic E-state index is 13.3. The fourth-order valence-corrected chi connectivity index (χ4v) is 5.61. The number of likely N-dealkylation sites (N-methyl/N-ethyl adjacent to an activating group) is 1. The van der Waals surface area contributed by atoms with Gasteiger partial charge in [0.2, 0.25) is 5.91 Å². The summed E-state index contributed by atoms with van der Waals surface area (Å²) in [6.07, 6.45) is 2.68. The minimum absolute atomic E-state index is 0.0353. The van der Waals surface area contributed by atoms with E-state index >= 15 is 0 Å². The third-order valence-electron chi connectivity index (χ3n) is 6.43. The van der Waals surface area contributed by atoms with Crippen molar-refractivity contribution in [1.29, 1.82) is 0 Å². The molecule has 3 aromatic rings. The molecule has 1 aliphatic rings. The van der Waals surface area contributed by atoms with Crippen molar-refractivity contribution in [3.8, 4) is 17.1 Å². The van der Waals surface area contributed by atoms with Crippen LogP contribution in [-0.2, 0) is 22.2 Å². The lowest BCUT2D eigenvalue weighted by Crippen LogP contribution is -2.54. The van der Waals surface area contributed by atoms with Crippen LogP contribution in [0.2, 0.25) is 5.02 Å². The zero-order valence-electron chi connectivity index (χ0n) is 19.5. The molecule has 0 bridgehead atoms. The van der Waals surface area contributed by atoms with Crippen molar-refractivity contribution in [3.05, 3.63) is 59.1 Å². The number of Topliss-reactive ketones (excluding diaryl/α,β-unsaturated/α-hetero) is 1. The first-order valence-electron chi connectivity index (χ1n) is 11.1. The second-order valence-corrected chi connectivity index (χ2v) is 9.66. The molecular weight excluding hydrogens is 472 g/mol. The molecule has 1 saturated carbocycles. The first-order chi connectivity index (χ1) is 16.4. The van der Waals surface area contributed by atoms with Crippen molar-refractivity contribution in [1.82, 2.24) is 19.7 Å². The van der Waals surface area contributed by atoms with Gasteiger partial charge in [0, 0.05) is 36.7 Å². The van der Waals surface area contributed by atoms with E-state index in [4.69, 9.17) is 16.3 Å². The van der Waals surface area contributed by atoms with Gasteiger partial charge in [-0.2, -0.15) is 0 Å².